The maximum atomic E-state index is 13.2. The summed E-state index contributed by atoms with van der Waals surface area (Å²) in [6, 6.07) is 12.1. The van der Waals surface area contributed by atoms with Crippen LogP contribution in [0.15, 0.2) is 41.2 Å². The Balaban J connectivity index is 1.83. The molecule has 2 aromatic rings. The first kappa shape index (κ1) is 18.3. The lowest BCUT2D eigenvalue weighted by molar-refractivity contribution is -0.0184. The van der Waals surface area contributed by atoms with Crippen LogP contribution in [0.1, 0.15) is 76.6 Å². The van der Waals surface area contributed by atoms with Gasteiger partial charge in [0.25, 0.3) is 0 Å². The standard InChI is InChI=1S/C24H31NO2/c1-15-11-12-18-17(13-15)21-19(26)14-20(25-22(21)27-24(18,4)5)23(2,3)16-9-7-6-8-10-16/h6-10,14-15,17-18H,11-13H2,1-5H3,(H,25,26)/t15-,17-,18+/m1/s1. The van der Waals surface area contributed by atoms with Crippen LogP contribution < -0.4 is 10.2 Å². The van der Waals surface area contributed by atoms with E-state index in [1.54, 1.807) is 0 Å². The summed E-state index contributed by atoms with van der Waals surface area (Å²) in [6.07, 6.45) is 3.43. The summed E-state index contributed by atoms with van der Waals surface area (Å²) in [4.78, 5) is 16.8. The summed E-state index contributed by atoms with van der Waals surface area (Å²) in [6.45, 7) is 11.0. The average Bonchev–Trinajstić information content (AvgIpc) is 2.61. The number of aromatic nitrogens is 1. The molecule has 3 atom stereocenters. The Morgan fingerprint density at radius 1 is 1.15 bits per heavy atom. The fraction of sp³-hybridized carbons (Fsp3) is 0.542. The molecule has 0 amide bonds. The van der Waals surface area contributed by atoms with Gasteiger partial charge in [0.05, 0.1) is 5.56 Å². The minimum atomic E-state index is -0.292. The monoisotopic (exact) mass is 365 g/mol. The highest BCUT2D eigenvalue weighted by atomic mass is 16.5. The summed E-state index contributed by atoms with van der Waals surface area (Å²) >= 11 is 0. The topological polar surface area (TPSA) is 42.1 Å². The van der Waals surface area contributed by atoms with Gasteiger partial charge in [-0.05, 0) is 44.1 Å². The molecule has 2 heterocycles. The molecule has 1 N–H and O–H groups in total. The summed E-state index contributed by atoms with van der Waals surface area (Å²) in [5.41, 5.74) is 2.55. The first-order valence-electron chi connectivity index (χ1n) is 10.2. The molecule has 3 nitrogen and oxygen atoms in total. The minimum Gasteiger partial charge on any atom is -0.472 e. The van der Waals surface area contributed by atoms with Gasteiger partial charge in [-0.2, -0.15) is 0 Å². The Morgan fingerprint density at radius 3 is 2.56 bits per heavy atom. The molecule has 1 saturated carbocycles. The molecule has 144 valence electrons. The Kier molecular flexibility index (Phi) is 4.25. The molecule has 1 aliphatic heterocycles. The van der Waals surface area contributed by atoms with Crippen LogP contribution in [0.3, 0.4) is 0 Å². The van der Waals surface area contributed by atoms with Crippen LogP contribution in [0, 0.1) is 11.8 Å². The highest BCUT2D eigenvalue weighted by molar-refractivity contribution is 5.41. The average molecular weight is 366 g/mol. The number of hydrogen-bond donors (Lipinski definition) is 1. The van der Waals surface area contributed by atoms with Crippen molar-refractivity contribution in [1.29, 1.82) is 0 Å². The van der Waals surface area contributed by atoms with Crippen LogP contribution in [0.4, 0.5) is 0 Å². The number of hydrogen-bond acceptors (Lipinski definition) is 2. The summed E-state index contributed by atoms with van der Waals surface area (Å²) in [7, 11) is 0. The van der Waals surface area contributed by atoms with E-state index >= 15 is 0 Å². The predicted molar refractivity (Wildman–Crippen MR) is 110 cm³/mol. The van der Waals surface area contributed by atoms with E-state index in [-0.39, 0.29) is 16.4 Å². The predicted octanol–water partition coefficient (Wildman–Crippen LogP) is 5.39. The summed E-state index contributed by atoms with van der Waals surface area (Å²) in [5.74, 6) is 2.06. The summed E-state index contributed by atoms with van der Waals surface area (Å²) < 4.78 is 6.42. The van der Waals surface area contributed by atoms with Gasteiger partial charge >= 0.3 is 0 Å². The lowest BCUT2D eigenvalue weighted by Crippen LogP contribution is -2.48. The Morgan fingerprint density at radius 2 is 1.85 bits per heavy atom. The van der Waals surface area contributed by atoms with Crippen molar-refractivity contribution in [3.63, 3.8) is 0 Å². The van der Waals surface area contributed by atoms with Gasteiger partial charge in [-0.3, -0.25) is 4.79 Å². The van der Waals surface area contributed by atoms with Gasteiger partial charge in [0.1, 0.15) is 5.60 Å². The molecule has 1 aromatic carbocycles. The van der Waals surface area contributed by atoms with E-state index in [0.29, 0.717) is 23.6 Å². The molecule has 0 saturated heterocycles. The highest BCUT2D eigenvalue weighted by Gasteiger charge is 2.47. The molecular weight excluding hydrogens is 334 g/mol. The van der Waals surface area contributed by atoms with Gasteiger partial charge in [-0.15, -0.1) is 0 Å². The van der Waals surface area contributed by atoms with Crippen molar-refractivity contribution in [2.45, 2.75) is 70.8 Å². The van der Waals surface area contributed by atoms with Gasteiger partial charge in [-0.25, -0.2) is 0 Å². The zero-order valence-corrected chi connectivity index (χ0v) is 17.1. The van der Waals surface area contributed by atoms with Crippen LogP contribution in [-0.4, -0.2) is 10.6 Å². The molecule has 1 aliphatic carbocycles. The third-order valence-corrected chi connectivity index (χ3v) is 6.94. The van der Waals surface area contributed by atoms with E-state index in [4.69, 9.17) is 4.74 Å². The van der Waals surface area contributed by atoms with E-state index in [1.807, 2.05) is 24.3 Å². The second-order valence-electron chi connectivity index (χ2n) is 9.62. The molecular formula is C24H31NO2. The largest absolute Gasteiger partial charge is 0.472 e. The molecule has 2 aliphatic rings. The van der Waals surface area contributed by atoms with Crippen molar-refractivity contribution in [1.82, 2.24) is 4.98 Å². The van der Waals surface area contributed by atoms with Crippen LogP contribution >= 0.6 is 0 Å². The molecule has 0 bridgehead atoms. The lowest BCUT2D eigenvalue weighted by atomic mass is 9.64. The van der Waals surface area contributed by atoms with Crippen LogP contribution in [0.2, 0.25) is 0 Å². The second kappa shape index (κ2) is 6.25. The number of benzene rings is 1. The van der Waals surface area contributed by atoms with E-state index < -0.39 is 0 Å². The van der Waals surface area contributed by atoms with Crippen LogP contribution in [0.25, 0.3) is 0 Å². The van der Waals surface area contributed by atoms with Crippen molar-refractivity contribution in [3.8, 4) is 5.88 Å². The van der Waals surface area contributed by atoms with E-state index in [0.717, 1.165) is 24.1 Å². The van der Waals surface area contributed by atoms with Crippen molar-refractivity contribution in [2.24, 2.45) is 11.8 Å². The number of ether oxygens (including phenoxy) is 1. The Bertz CT molecular complexity index is 894. The van der Waals surface area contributed by atoms with Crippen LogP contribution in [-0.2, 0) is 5.41 Å². The van der Waals surface area contributed by atoms with Crippen molar-refractivity contribution in [3.05, 3.63) is 63.4 Å². The molecule has 27 heavy (non-hydrogen) atoms. The van der Waals surface area contributed by atoms with E-state index in [9.17, 15) is 4.79 Å². The Labute approximate surface area is 162 Å². The van der Waals surface area contributed by atoms with Gasteiger partial charge in [0, 0.05) is 23.1 Å². The van der Waals surface area contributed by atoms with Crippen molar-refractivity contribution < 1.29 is 4.74 Å². The van der Waals surface area contributed by atoms with E-state index in [2.05, 4.69) is 51.7 Å². The van der Waals surface area contributed by atoms with Crippen molar-refractivity contribution in [2.75, 3.05) is 0 Å². The molecule has 3 heteroatoms. The molecule has 0 spiro atoms. The molecule has 4 rings (SSSR count). The maximum absolute atomic E-state index is 13.2. The highest BCUT2D eigenvalue weighted by Crippen LogP contribution is 2.51. The van der Waals surface area contributed by atoms with Gasteiger partial charge in [0.2, 0.25) is 0 Å². The minimum absolute atomic E-state index is 0.127. The van der Waals surface area contributed by atoms with Crippen LogP contribution in [0.5, 0.6) is 5.88 Å². The first-order chi connectivity index (χ1) is 12.7. The maximum Gasteiger partial charge on any atom is 0.199 e. The first-order valence-corrected chi connectivity index (χ1v) is 10.2. The fourth-order valence-electron chi connectivity index (χ4n) is 5.20. The third-order valence-electron chi connectivity index (χ3n) is 6.94. The van der Waals surface area contributed by atoms with E-state index in [1.165, 1.54) is 12.0 Å². The normalized spacial score (nSPS) is 26.6. The molecule has 1 fully saturated rings. The van der Waals surface area contributed by atoms with Gasteiger partial charge in [0.15, 0.2) is 11.3 Å². The summed E-state index contributed by atoms with van der Waals surface area (Å²) in [5, 5.41) is 0. The molecule has 1 aromatic heterocycles. The fourth-order valence-corrected chi connectivity index (χ4v) is 5.20. The number of nitrogens with one attached hydrogen (secondary N) is 1. The lowest BCUT2D eigenvalue weighted by Gasteiger charge is -2.48. The quantitative estimate of drug-likeness (QED) is 0.775. The van der Waals surface area contributed by atoms with Gasteiger partial charge in [-0.1, -0.05) is 57.5 Å². The number of H-pyrrole nitrogens is 1. The number of rotatable bonds is 2. The third kappa shape index (κ3) is 3.01. The zero-order valence-electron chi connectivity index (χ0n) is 17.1. The molecule has 0 radical (unpaired) electrons. The Hall–Kier alpha value is -2.03. The smallest absolute Gasteiger partial charge is 0.199 e. The van der Waals surface area contributed by atoms with Gasteiger partial charge < -0.3 is 9.72 Å². The number of aromatic amines is 1. The number of pyridine rings is 1. The number of fused-ring (bicyclic) bond motifs is 3. The second-order valence-corrected chi connectivity index (χ2v) is 9.62. The van der Waals surface area contributed by atoms with Crippen molar-refractivity contribution >= 4 is 0 Å². The molecule has 0 unspecified atom stereocenters. The zero-order chi connectivity index (χ0) is 19.4. The SMILES string of the molecule is C[C@@H]1CC[C@H]2[C@@H](C1)c1c([nH]c(C(C)(C)c3ccccc3)cc1=O)OC2(C)C.